The first-order valence-electron chi connectivity index (χ1n) is 7.47. The summed E-state index contributed by atoms with van der Waals surface area (Å²) in [4.78, 5) is 10.2. The van der Waals surface area contributed by atoms with Crippen molar-refractivity contribution in [3.8, 4) is 0 Å². The second-order valence-corrected chi connectivity index (χ2v) is 5.01. The maximum absolute atomic E-state index is 10.2. The van der Waals surface area contributed by atoms with Gasteiger partial charge in [0.05, 0.1) is 0 Å². The Morgan fingerprint density at radius 3 is 1.39 bits per heavy atom. The molecule has 18 heavy (non-hydrogen) atoms. The zero-order valence-corrected chi connectivity index (χ0v) is 15.7. The van der Waals surface area contributed by atoms with Gasteiger partial charge in [-0.25, -0.2) is 0 Å². The molecule has 0 N–H and O–H groups in total. The Morgan fingerprint density at radius 1 is 0.722 bits per heavy atom. The Balaban J connectivity index is 0. The molecule has 0 aromatic rings. The first-order valence-corrected chi connectivity index (χ1v) is 7.47. The first-order chi connectivity index (χ1) is 8.27. The minimum Gasteiger partial charge on any atom is -0.550 e. The van der Waals surface area contributed by atoms with Crippen LogP contribution in [0.1, 0.15) is 90.4 Å². The van der Waals surface area contributed by atoms with Gasteiger partial charge in [0.2, 0.25) is 0 Å². The standard InChI is InChI=1S/C15H30O2.Sr/c1-2-3-4-5-6-7-8-9-10-11-12-13-14-15(16)17;/h2-14H2,1H3,(H,16,17);/q;+2/p-1. The normalized spacial score (nSPS) is 10.1. The number of carboxylic acids is 1. The summed E-state index contributed by atoms with van der Waals surface area (Å²) in [5.74, 6) is -0.905. The van der Waals surface area contributed by atoms with Crippen LogP contribution in [0.4, 0.5) is 0 Å². The fourth-order valence-corrected chi connectivity index (χ4v) is 2.11. The van der Waals surface area contributed by atoms with Gasteiger partial charge < -0.3 is 9.90 Å². The van der Waals surface area contributed by atoms with Gasteiger partial charge in [-0.05, 0) is 12.8 Å². The van der Waals surface area contributed by atoms with E-state index in [0.29, 0.717) is 0 Å². The van der Waals surface area contributed by atoms with Crippen LogP contribution in [0.5, 0.6) is 0 Å². The number of rotatable bonds is 13. The summed E-state index contributed by atoms with van der Waals surface area (Å²) in [7, 11) is 0. The van der Waals surface area contributed by atoms with Crippen LogP contribution >= 0.6 is 0 Å². The van der Waals surface area contributed by atoms with E-state index in [1.54, 1.807) is 0 Å². The molecule has 0 bridgehead atoms. The summed E-state index contributed by atoms with van der Waals surface area (Å²) in [6.07, 6.45) is 15.5. The van der Waals surface area contributed by atoms with Crippen LogP contribution in [0.3, 0.4) is 0 Å². The molecule has 0 aliphatic carbocycles. The predicted octanol–water partition coefficient (Wildman–Crippen LogP) is 3.45. The number of aliphatic carboxylic acids is 1. The van der Waals surface area contributed by atoms with E-state index in [0.717, 1.165) is 12.8 Å². The van der Waals surface area contributed by atoms with Gasteiger partial charge in [0.1, 0.15) is 0 Å². The van der Waals surface area contributed by atoms with Gasteiger partial charge in [0.15, 0.2) is 0 Å². The van der Waals surface area contributed by atoms with Crippen LogP contribution in [-0.4, -0.2) is 51.5 Å². The number of unbranched alkanes of at least 4 members (excludes halogenated alkanes) is 11. The average Bonchev–Trinajstić information content (AvgIpc) is 2.30. The van der Waals surface area contributed by atoms with Crippen LogP contribution in [0.25, 0.3) is 0 Å². The van der Waals surface area contributed by atoms with Gasteiger partial charge in [-0.3, -0.25) is 0 Å². The Labute approximate surface area is 150 Å². The zero-order chi connectivity index (χ0) is 12.8. The fraction of sp³-hybridized carbons (Fsp3) is 0.933. The van der Waals surface area contributed by atoms with Crippen molar-refractivity contribution in [3.63, 3.8) is 0 Å². The van der Waals surface area contributed by atoms with Crippen LogP contribution in [0.15, 0.2) is 0 Å². The van der Waals surface area contributed by atoms with Crippen molar-refractivity contribution in [2.45, 2.75) is 90.4 Å². The molecule has 0 heterocycles. The van der Waals surface area contributed by atoms with E-state index < -0.39 is 5.97 Å². The van der Waals surface area contributed by atoms with E-state index in [-0.39, 0.29) is 51.9 Å². The average molecular weight is 329 g/mol. The largest absolute Gasteiger partial charge is 2.00 e. The molecule has 2 nitrogen and oxygen atoms in total. The topological polar surface area (TPSA) is 40.1 Å². The van der Waals surface area contributed by atoms with Crippen molar-refractivity contribution in [3.05, 3.63) is 0 Å². The second kappa shape index (κ2) is 18.0. The molecular weight excluding hydrogens is 300 g/mol. The van der Waals surface area contributed by atoms with Gasteiger partial charge >= 0.3 is 45.5 Å². The summed E-state index contributed by atoms with van der Waals surface area (Å²) < 4.78 is 0. The third-order valence-electron chi connectivity index (χ3n) is 3.23. The molecule has 0 aliphatic rings. The summed E-state index contributed by atoms with van der Waals surface area (Å²) >= 11 is 0. The molecule has 0 aliphatic heterocycles. The van der Waals surface area contributed by atoms with Crippen LogP contribution in [0, 0.1) is 0 Å². The SMILES string of the molecule is CCCCCCCCCCCCCCC(=O)[O-].[Sr+2]. The molecule has 0 amide bonds. The van der Waals surface area contributed by atoms with Crippen molar-refractivity contribution in [2.75, 3.05) is 0 Å². The Bertz CT molecular complexity index is 172. The van der Waals surface area contributed by atoms with E-state index in [1.165, 1.54) is 64.2 Å². The van der Waals surface area contributed by atoms with Gasteiger partial charge in [0, 0.05) is 5.97 Å². The minimum atomic E-state index is -0.905. The first kappa shape index (κ1) is 21.3. The van der Waals surface area contributed by atoms with Gasteiger partial charge in [-0.15, -0.1) is 0 Å². The minimum absolute atomic E-state index is 0. The van der Waals surface area contributed by atoms with E-state index >= 15 is 0 Å². The smallest absolute Gasteiger partial charge is 0.550 e. The monoisotopic (exact) mass is 329 g/mol. The van der Waals surface area contributed by atoms with Crippen LogP contribution in [-0.2, 0) is 4.79 Å². The van der Waals surface area contributed by atoms with Crippen molar-refractivity contribution >= 4 is 51.5 Å². The van der Waals surface area contributed by atoms with Gasteiger partial charge in [-0.2, -0.15) is 0 Å². The molecule has 0 saturated heterocycles. The van der Waals surface area contributed by atoms with Crippen molar-refractivity contribution in [1.82, 2.24) is 0 Å². The van der Waals surface area contributed by atoms with E-state index in [4.69, 9.17) is 0 Å². The second-order valence-electron chi connectivity index (χ2n) is 5.01. The maximum atomic E-state index is 10.2. The van der Waals surface area contributed by atoms with Crippen LogP contribution < -0.4 is 5.11 Å². The molecule has 3 heteroatoms. The molecule has 102 valence electrons. The third kappa shape index (κ3) is 19.3. The fourth-order valence-electron chi connectivity index (χ4n) is 2.11. The van der Waals surface area contributed by atoms with Crippen molar-refractivity contribution in [2.24, 2.45) is 0 Å². The number of carbonyl (C=O) groups excluding carboxylic acids is 1. The van der Waals surface area contributed by atoms with Crippen LogP contribution in [0.2, 0.25) is 0 Å². The molecule has 0 aromatic carbocycles. The van der Waals surface area contributed by atoms with Gasteiger partial charge in [-0.1, -0.05) is 77.6 Å². The summed E-state index contributed by atoms with van der Waals surface area (Å²) in [5, 5.41) is 10.2. The summed E-state index contributed by atoms with van der Waals surface area (Å²) in [5.41, 5.74) is 0. The molecule has 0 atom stereocenters. The van der Waals surface area contributed by atoms with E-state index in [1.807, 2.05) is 0 Å². The quantitative estimate of drug-likeness (QED) is 0.384. The molecule has 0 saturated carbocycles. The Kier molecular flexibility index (Phi) is 21.2. The van der Waals surface area contributed by atoms with Crippen molar-refractivity contribution < 1.29 is 9.90 Å². The molecular formula is C15H29O2Sr+. The predicted molar refractivity (Wildman–Crippen MR) is 76.5 cm³/mol. The summed E-state index contributed by atoms with van der Waals surface area (Å²) in [6.45, 7) is 2.25. The summed E-state index contributed by atoms with van der Waals surface area (Å²) in [6, 6.07) is 0. The van der Waals surface area contributed by atoms with E-state index in [2.05, 4.69) is 6.92 Å². The van der Waals surface area contributed by atoms with E-state index in [9.17, 15) is 9.90 Å². The Morgan fingerprint density at radius 2 is 1.06 bits per heavy atom. The zero-order valence-electron chi connectivity index (χ0n) is 12.2. The molecule has 0 spiro atoms. The van der Waals surface area contributed by atoms with Crippen molar-refractivity contribution in [1.29, 1.82) is 0 Å². The molecule has 0 radical (unpaired) electrons. The molecule has 0 rings (SSSR count). The molecule has 0 aromatic heterocycles. The molecule has 0 unspecified atom stereocenters. The maximum Gasteiger partial charge on any atom is 2.00 e. The number of carbonyl (C=O) groups is 1. The number of carboxylic acid groups (broad SMARTS) is 1. The third-order valence-corrected chi connectivity index (χ3v) is 3.23. The Hall–Kier alpha value is 0.951. The number of hydrogen-bond acceptors (Lipinski definition) is 2. The van der Waals surface area contributed by atoms with Gasteiger partial charge in [0.25, 0.3) is 0 Å². The number of hydrogen-bond donors (Lipinski definition) is 0. The molecule has 0 fully saturated rings.